The molecule has 1 aromatic heterocycles. The number of rotatable bonds is 2. The van der Waals surface area contributed by atoms with E-state index in [1.54, 1.807) is 4.57 Å². The highest BCUT2D eigenvalue weighted by Crippen LogP contribution is 2.19. The Morgan fingerprint density at radius 3 is 3.06 bits per heavy atom. The second kappa shape index (κ2) is 4.59. The van der Waals surface area contributed by atoms with Gasteiger partial charge in [-0.2, -0.15) is 0 Å². The molecule has 2 heterocycles. The Morgan fingerprint density at radius 1 is 1.44 bits per heavy atom. The molecule has 0 bridgehead atoms. The number of hydrogen-bond acceptors (Lipinski definition) is 3. The van der Waals surface area contributed by atoms with Gasteiger partial charge >= 0.3 is 5.69 Å². The van der Waals surface area contributed by atoms with Crippen LogP contribution in [0.3, 0.4) is 0 Å². The number of benzene rings is 1. The molecule has 1 fully saturated rings. The van der Waals surface area contributed by atoms with Crippen molar-refractivity contribution in [2.75, 3.05) is 19.7 Å². The van der Waals surface area contributed by atoms with E-state index in [9.17, 15) is 4.79 Å². The Labute approximate surface area is 105 Å². The fourth-order valence-electron chi connectivity index (χ4n) is 2.54. The second-order valence-electron chi connectivity index (χ2n) is 4.67. The molecule has 2 unspecified atom stereocenters. The summed E-state index contributed by atoms with van der Waals surface area (Å²) in [6.07, 6.45) is 0.0376. The Morgan fingerprint density at radius 2 is 2.28 bits per heavy atom. The van der Waals surface area contributed by atoms with Crippen molar-refractivity contribution in [1.29, 1.82) is 0 Å². The van der Waals surface area contributed by atoms with Crippen molar-refractivity contribution in [2.45, 2.75) is 19.1 Å². The molecule has 5 heteroatoms. The summed E-state index contributed by atoms with van der Waals surface area (Å²) in [5, 5.41) is 3.29. The molecular weight excluding hydrogens is 230 g/mol. The van der Waals surface area contributed by atoms with Crippen LogP contribution in [0.5, 0.6) is 0 Å². The number of H-pyrrole nitrogens is 1. The summed E-state index contributed by atoms with van der Waals surface area (Å²) in [7, 11) is 0. The molecule has 18 heavy (non-hydrogen) atoms. The van der Waals surface area contributed by atoms with Crippen molar-refractivity contribution >= 4 is 11.0 Å². The van der Waals surface area contributed by atoms with Crippen LogP contribution in [0.4, 0.5) is 0 Å². The largest absolute Gasteiger partial charge is 0.373 e. The third-order valence-electron chi connectivity index (χ3n) is 3.53. The number of ether oxygens (including phenoxy) is 1. The zero-order valence-corrected chi connectivity index (χ0v) is 10.3. The molecule has 0 radical (unpaired) electrons. The molecule has 5 nitrogen and oxygen atoms in total. The van der Waals surface area contributed by atoms with Gasteiger partial charge in [-0.3, -0.25) is 4.57 Å². The number of aromatic nitrogens is 2. The molecule has 2 aromatic rings. The van der Waals surface area contributed by atoms with E-state index in [0.717, 1.165) is 24.1 Å². The van der Waals surface area contributed by atoms with Crippen molar-refractivity contribution < 1.29 is 4.74 Å². The fraction of sp³-hybridized carbons (Fsp3) is 0.462. The molecule has 1 aromatic carbocycles. The lowest BCUT2D eigenvalue weighted by Crippen LogP contribution is -2.44. The third kappa shape index (κ3) is 1.85. The number of para-hydroxylation sites is 2. The standard InChI is InChI=1S/C13H17N3O2/c1-9(12-8-14-6-7-18-12)16-11-5-3-2-4-10(11)15-13(16)17/h2-5,9,12,14H,6-8H2,1H3,(H,15,17). The fourth-order valence-corrected chi connectivity index (χ4v) is 2.54. The van der Waals surface area contributed by atoms with Crippen LogP contribution in [0, 0.1) is 0 Å². The molecule has 0 saturated carbocycles. The molecule has 3 rings (SSSR count). The Balaban J connectivity index is 2.02. The van der Waals surface area contributed by atoms with E-state index >= 15 is 0 Å². The summed E-state index contributed by atoms with van der Waals surface area (Å²) in [5.74, 6) is 0. The Bertz CT molecular complexity index is 596. The molecule has 0 amide bonds. The highest BCUT2D eigenvalue weighted by Gasteiger charge is 2.24. The van der Waals surface area contributed by atoms with Crippen LogP contribution < -0.4 is 11.0 Å². The lowest BCUT2D eigenvalue weighted by Gasteiger charge is -2.29. The molecule has 2 N–H and O–H groups in total. The Hall–Kier alpha value is -1.59. The van der Waals surface area contributed by atoms with Gasteiger partial charge in [0.25, 0.3) is 0 Å². The quantitative estimate of drug-likeness (QED) is 0.828. The van der Waals surface area contributed by atoms with E-state index in [4.69, 9.17) is 4.74 Å². The van der Waals surface area contributed by atoms with Gasteiger partial charge in [-0.05, 0) is 19.1 Å². The molecular formula is C13H17N3O2. The third-order valence-corrected chi connectivity index (χ3v) is 3.53. The van der Waals surface area contributed by atoms with Crippen LogP contribution in [0.2, 0.25) is 0 Å². The summed E-state index contributed by atoms with van der Waals surface area (Å²) >= 11 is 0. The van der Waals surface area contributed by atoms with Crippen molar-refractivity contribution in [3.05, 3.63) is 34.7 Å². The first-order chi connectivity index (χ1) is 8.77. The van der Waals surface area contributed by atoms with Gasteiger partial charge in [-0.1, -0.05) is 12.1 Å². The van der Waals surface area contributed by atoms with Gasteiger partial charge in [0, 0.05) is 13.1 Å². The number of aromatic amines is 1. The smallest absolute Gasteiger partial charge is 0.326 e. The van der Waals surface area contributed by atoms with Crippen LogP contribution in [0.25, 0.3) is 11.0 Å². The summed E-state index contributed by atoms with van der Waals surface area (Å²) in [4.78, 5) is 14.9. The minimum atomic E-state index is -0.0714. The maximum Gasteiger partial charge on any atom is 0.326 e. The zero-order chi connectivity index (χ0) is 12.5. The minimum absolute atomic E-state index is 0.0152. The zero-order valence-electron chi connectivity index (χ0n) is 10.3. The first kappa shape index (κ1) is 11.5. The van der Waals surface area contributed by atoms with Gasteiger partial charge in [-0.25, -0.2) is 4.79 Å². The summed E-state index contributed by atoms with van der Waals surface area (Å²) in [6, 6.07) is 7.76. The van der Waals surface area contributed by atoms with Crippen molar-refractivity contribution in [3.63, 3.8) is 0 Å². The van der Waals surface area contributed by atoms with Crippen LogP contribution in [0.1, 0.15) is 13.0 Å². The molecule has 0 spiro atoms. The van der Waals surface area contributed by atoms with Crippen molar-refractivity contribution in [1.82, 2.24) is 14.9 Å². The van der Waals surface area contributed by atoms with E-state index in [0.29, 0.717) is 6.61 Å². The highest BCUT2D eigenvalue weighted by molar-refractivity contribution is 5.75. The molecule has 1 aliphatic heterocycles. The maximum absolute atomic E-state index is 12.1. The van der Waals surface area contributed by atoms with E-state index in [1.807, 2.05) is 31.2 Å². The number of morpholine rings is 1. The van der Waals surface area contributed by atoms with Crippen LogP contribution in [-0.4, -0.2) is 35.4 Å². The lowest BCUT2D eigenvalue weighted by atomic mass is 10.1. The molecule has 2 atom stereocenters. The monoisotopic (exact) mass is 247 g/mol. The van der Waals surface area contributed by atoms with Gasteiger partial charge in [0.15, 0.2) is 0 Å². The molecule has 1 saturated heterocycles. The first-order valence-electron chi connectivity index (χ1n) is 6.29. The van der Waals surface area contributed by atoms with Gasteiger partial charge in [0.1, 0.15) is 0 Å². The molecule has 0 aliphatic carbocycles. The van der Waals surface area contributed by atoms with E-state index in [-0.39, 0.29) is 17.8 Å². The number of nitrogens with zero attached hydrogens (tertiary/aromatic N) is 1. The van der Waals surface area contributed by atoms with E-state index in [2.05, 4.69) is 10.3 Å². The second-order valence-corrected chi connectivity index (χ2v) is 4.67. The number of nitrogens with one attached hydrogen (secondary N) is 2. The lowest BCUT2D eigenvalue weighted by molar-refractivity contribution is -0.000186. The first-order valence-corrected chi connectivity index (χ1v) is 6.29. The predicted octanol–water partition coefficient (Wildman–Crippen LogP) is 0.879. The van der Waals surface area contributed by atoms with Crippen molar-refractivity contribution in [2.24, 2.45) is 0 Å². The summed E-state index contributed by atoms with van der Waals surface area (Å²) in [5.41, 5.74) is 1.74. The topological polar surface area (TPSA) is 59.0 Å². The summed E-state index contributed by atoms with van der Waals surface area (Å²) < 4.78 is 7.52. The van der Waals surface area contributed by atoms with Crippen LogP contribution in [-0.2, 0) is 4.74 Å². The van der Waals surface area contributed by atoms with Crippen LogP contribution in [0.15, 0.2) is 29.1 Å². The molecule has 1 aliphatic rings. The van der Waals surface area contributed by atoms with Gasteiger partial charge in [0.05, 0.1) is 29.8 Å². The van der Waals surface area contributed by atoms with E-state index in [1.165, 1.54) is 0 Å². The minimum Gasteiger partial charge on any atom is -0.373 e. The average Bonchev–Trinajstić information content (AvgIpc) is 2.75. The Kier molecular flexibility index (Phi) is 2.93. The van der Waals surface area contributed by atoms with Crippen LogP contribution >= 0.6 is 0 Å². The number of hydrogen-bond donors (Lipinski definition) is 2. The van der Waals surface area contributed by atoms with Crippen molar-refractivity contribution in [3.8, 4) is 0 Å². The van der Waals surface area contributed by atoms with Gasteiger partial charge in [-0.15, -0.1) is 0 Å². The molecule has 96 valence electrons. The van der Waals surface area contributed by atoms with Gasteiger partial charge in [0.2, 0.25) is 0 Å². The highest BCUT2D eigenvalue weighted by atomic mass is 16.5. The number of fused-ring (bicyclic) bond motifs is 1. The number of imidazole rings is 1. The normalized spacial score (nSPS) is 22.2. The van der Waals surface area contributed by atoms with Gasteiger partial charge < -0.3 is 15.0 Å². The predicted molar refractivity (Wildman–Crippen MR) is 69.9 cm³/mol. The summed E-state index contributed by atoms with van der Waals surface area (Å²) in [6.45, 7) is 4.39. The maximum atomic E-state index is 12.1. The van der Waals surface area contributed by atoms with E-state index < -0.39 is 0 Å². The SMILES string of the molecule is CC(C1CNCCO1)n1c(=O)[nH]c2ccccc21. The average molecular weight is 247 g/mol.